The Morgan fingerprint density at radius 1 is 1.17 bits per heavy atom. The van der Waals surface area contributed by atoms with E-state index in [0.29, 0.717) is 5.56 Å². The van der Waals surface area contributed by atoms with Crippen LogP contribution in [0.4, 0.5) is 4.39 Å². The molecule has 0 atom stereocenters. The molecule has 1 saturated heterocycles. The second kappa shape index (κ2) is 8.58. The Morgan fingerprint density at radius 2 is 1.83 bits per heavy atom. The molecule has 1 aliphatic rings. The van der Waals surface area contributed by atoms with Crippen LogP contribution in [-0.2, 0) is 21.2 Å². The van der Waals surface area contributed by atoms with Crippen molar-refractivity contribution in [3.8, 4) is 0 Å². The number of hydrogen-bond donors (Lipinski definition) is 0. The Hall–Kier alpha value is -1.47. The summed E-state index contributed by atoms with van der Waals surface area (Å²) in [6, 6.07) is 6.34. The number of likely N-dealkylation sites (tertiary alicyclic amines) is 1. The van der Waals surface area contributed by atoms with Crippen LogP contribution in [0.3, 0.4) is 0 Å². The highest BCUT2D eigenvalue weighted by Gasteiger charge is 2.21. The molecule has 2 rings (SSSR count). The molecule has 1 heterocycles. The van der Waals surface area contributed by atoms with Gasteiger partial charge in [-0.25, -0.2) is 17.1 Å². The maximum absolute atomic E-state index is 13.7. The number of nitrogens with zero attached hydrogens (tertiary/aromatic N) is 2. The molecule has 0 spiro atoms. The van der Waals surface area contributed by atoms with Gasteiger partial charge in [0.25, 0.3) is 0 Å². The number of hydrogen-bond acceptors (Lipinski definition) is 3. The summed E-state index contributed by atoms with van der Waals surface area (Å²) in [5, 5.41) is 0. The second-order valence-electron chi connectivity index (χ2n) is 6.19. The van der Waals surface area contributed by atoms with Crippen LogP contribution in [0, 0.1) is 5.82 Å². The third-order valence-electron chi connectivity index (χ3n) is 4.34. The van der Waals surface area contributed by atoms with Crippen LogP contribution in [0.25, 0.3) is 0 Å². The maximum Gasteiger partial charge on any atom is 0.223 e. The SMILES string of the molecule is CS(=O)(=O)N(CCC(=O)N1CCCCC1)CCc1ccccc1F. The molecule has 0 unspecified atom stereocenters. The summed E-state index contributed by atoms with van der Waals surface area (Å²) < 4.78 is 38.8. The summed E-state index contributed by atoms with van der Waals surface area (Å²) in [6.45, 7) is 1.83. The summed E-state index contributed by atoms with van der Waals surface area (Å²) in [7, 11) is -3.43. The zero-order valence-electron chi connectivity index (χ0n) is 14.1. The number of amides is 1. The van der Waals surface area contributed by atoms with E-state index in [-0.39, 0.29) is 37.7 Å². The lowest BCUT2D eigenvalue weighted by molar-refractivity contribution is -0.132. The van der Waals surface area contributed by atoms with Crippen molar-refractivity contribution < 1.29 is 17.6 Å². The van der Waals surface area contributed by atoms with Gasteiger partial charge in [-0.15, -0.1) is 0 Å². The summed E-state index contributed by atoms with van der Waals surface area (Å²) >= 11 is 0. The molecular formula is C17H25FN2O3S. The molecule has 134 valence electrons. The Bertz CT molecular complexity index is 658. The van der Waals surface area contributed by atoms with Crippen molar-refractivity contribution in [3.63, 3.8) is 0 Å². The first-order valence-electron chi connectivity index (χ1n) is 8.34. The van der Waals surface area contributed by atoms with Crippen molar-refractivity contribution in [1.82, 2.24) is 9.21 Å². The van der Waals surface area contributed by atoms with E-state index >= 15 is 0 Å². The molecule has 0 bridgehead atoms. The first-order chi connectivity index (χ1) is 11.4. The van der Waals surface area contributed by atoms with E-state index in [0.717, 1.165) is 38.6 Å². The average molecular weight is 356 g/mol. The van der Waals surface area contributed by atoms with Crippen molar-refractivity contribution in [1.29, 1.82) is 0 Å². The molecule has 1 aromatic carbocycles. The lowest BCUT2D eigenvalue weighted by Crippen LogP contribution is -2.39. The normalized spacial score (nSPS) is 15.7. The number of benzene rings is 1. The van der Waals surface area contributed by atoms with Crippen LogP contribution >= 0.6 is 0 Å². The molecule has 5 nitrogen and oxygen atoms in total. The summed E-state index contributed by atoms with van der Waals surface area (Å²) in [5.41, 5.74) is 0.480. The van der Waals surface area contributed by atoms with Gasteiger partial charge in [-0.1, -0.05) is 18.2 Å². The fraction of sp³-hybridized carbons (Fsp3) is 0.588. The molecule has 0 aromatic heterocycles. The van der Waals surface area contributed by atoms with E-state index in [1.165, 1.54) is 10.4 Å². The van der Waals surface area contributed by atoms with E-state index in [1.807, 2.05) is 0 Å². The van der Waals surface area contributed by atoms with Crippen molar-refractivity contribution in [3.05, 3.63) is 35.6 Å². The van der Waals surface area contributed by atoms with Crippen LogP contribution in [0.2, 0.25) is 0 Å². The molecule has 0 N–H and O–H groups in total. The van der Waals surface area contributed by atoms with Crippen LogP contribution in [0.5, 0.6) is 0 Å². The van der Waals surface area contributed by atoms with Crippen LogP contribution in [0.15, 0.2) is 24.3 Å². The quantitative estimate of drug-likeness (QED) is 0.751. The molecule has 0 saturated carbocycles. The number of halogens is 1. The smallest absolute Gasteiger partial charge is 0.223 e. The second-order valence-corrected chi connectivity index (χ2v) is 8.18. The van der Waals surface area contributed by atoms with Crippen molar-refractivity contribution in [2.75, 3.05) is 32.4 Å². The zero-order valence-corrected chi connectivity index (χ0v) is 14.9. The molecule has 24 heavy (non-hydrogen) atoms. The van der Waals surface area contributed by atoms with Gasteiger partial charge in [-0.05, 0) is 37.3 Å². The van der Waals surface area contributed by atoms with Crippen molar-refractivity contribution >= 4 is 15.9 Å². The van der Waals surface area contributed by atoms with Gasteiger partial charge in [0.2, 0.25) is 15.9 Å². The summed E-state index contributed by atoms with van der Waals surface area (Å²) in [5.74, 6) is -0.343. The fourth-order valence-electron chi connectivity index (χ4n) is 2.91. The molecule has 1 aliphatic heterocycles. The van der Waals surface area contributed by atoms with E-state index in [1.54, 1.807) is 23.1 Å². The number of rotatable bonds is 7. The monoisotopic (exact) mass is 356 g/mol. The molecule has 0 aliphatic carbocycles. The Balaban J connectivity index is 1.91. The first kappa shape index (κ1) is 18.9. The lowest BCUT2D eigenvalue weighted by atomic mass is 10.1. The predicted octanol–water partition coefficient (Wildman–Crippen LogP) is 2.03. The zero-order chi connectivity index (χ0) is 17.6. The van der Waals surface area contributed by atoms with Crippen molar-refractivity contribution in [2.24, 2.45) is 0 Å². The first-order valence-corrected chi connectivity index (χ1v) is 10.2. The Kier molecular flexibility index (Phi) is 6.74. The topological polar surface area (TPSA) is 57.7 Å². The highest BCUT2D eigenvalue weighted by Crippen LogP contribution is 2.12. The van der Waals surface area contributed by atoms with Gasteiger partial charge in [0.15, 0.2) is 0 Å². The molecule has 1 fully saturated rings. The summed E-state index contributed by atoms with van der Waals surface area (Å²) in [6.07, 6.45) is 4.74. The minimum atomic E-state index is -3.43. The summed E-state index contributed by atoms with van der Waals surface area (Å²) in [4.78, 5) is 14.0. The highest BCUT2D eigenvalue weighted by atomic mass is 32.2. The Labute approximate surface area is 143 Å². The number of sulfonamides is 1. The van der Waals surface area contributed by atoms with Crippen LogP contribution < -0.4 is 0 Å². The van der Waals surface area contributed by atoms with Gasteiger partial charge in [-0.3, -0.25) is 4.79 Å². The Morgan fingerprint density at radius 3 is 2.46 bits per heavy atom. The van der Waals surface area contributed by atoms with Crippen LogP contribution in [-0.4, -0.2) is 56.0 Å². The van der Waals surface area contributed by atoms with Gasteiger partial charge in [0, 0.05) is 32.6 Å². The highest BCUT2D eigenvalue weighted by molar-refractivity contribution is 7.88. The van der Waals surface area contributed by atoms with Crippen LogP contribution in [0.1, 0.15) is 31.2 Å². The van der Waals surface area contributed by atoms with Gasteiger partial charge >= 0.3 is 0 Å². The number of piperidine rings is 1. The van der Waals surface area contributed by atoms with Gasteiger partial charge in [0.05, 0.1) is 6.26 Å². The molecule has 1 aromatic rings. The minimum Gasteiger partial charge on any atom is -0.343 e. The number of carbonyl (C=O) groups is 1. The van der Waals surface area contributed by atoms with E-state index in [4.69, 9.17) is 0 Å². The largest absolute Gasteiger partial charge is 0.343 e. The molecule has 7 heteroatoms. The molecule has 1 amide bonds. The minimum absolute atomic E-state index is 0.00533. The van der Waals surface area contributed by atoms with Gasteiger partial charge in [-0.2, -0.15) is 0 Å². The van der Waals surface area contributed by atoms with Crippen molar-refractivity contribution in [2.45, 2.75) is 32.1 Å². The standard InChI is InChI=1S/C17H25FN2O3S/c1-24(22,23)20(13-9-15-7-3-4-8-16(15)18)14-10-17(21)19-11-5-2-6-12-19/h3-4,7-8H,2,5-6,9-14H2,1H3. The maximum atomic E-state index is 13.7. The number of carbonyl (C=O) groups excluding carboxylic acids is 1. The predicted molar refractivity (Wildman–Crippen MR) is 91.6 cm³/mol. The van der Waals surface area contributed by atoms with E-state index < -0.39 is 10.0 Å². The third kappa shape index (κ3) is 5.56. The lowest BCUT2D eigenvalue weighted by Gasteiger charge is -2.28. The van der Waals surface area contributed by atoms with Gasteiger partial charge < -0.3 is 4.90 Å². The molecular weight excluding hydrogens is 331 g/mol. The fourth-order valence-corrected chi connectivity index (χ4v) is 3.76. The molecule has 0 radical (unpaired) electrons. The van der Waals surface area contributed by atoms with E-state index in [2.05, 4.69) is 0 Å². The van der Waals surface area contributed by atoms with Gasteiger partial charge in [0.1, 0.15) is 5.82 Å². The van der Waals surface area contributed by atoms with E-state index in [9.17, 15) is 17.6 Å². The average Bonchev–Trinajstić information content (AvgIpc) is 2.55. The third-order valence-corrected chi connectivity index (χ3v) is 5.64.